The molecule has 1 aromatic carbocycles. The second kappa shape index (κ2) is 6.82. The van der Waals surface area contributed by atoms with Gasteiger partial charge in [-0.25, -0.2) is 4.98 Å². The molecule has 3 rings (SSSR count). The molecule has 0 saturated carbocycles. The summed E-state index contributed by atoms with van der Waals surface area (Å²) in [5.41, 5.74) is 4.58. The van der Waals surface area contributed by atoms with Crippen LogP contribution in [0.4, 0.5) is 0 Å². The van der Waals surface area contributed by atoms with E-state index in [-0.39, 0.29) is 23.9 Å². The van der Waals surface area contributed by atoms with Crippen molar-refractivity contribution < 1.29 is 4.79 Å². The lowest BCUT2D eigenvalue weighted by Gasteiger charge is -2.26. The quantitative estimate of drug-likeness (QED) is 0.935. The molecule has 132 valence electrons. The van der Waals surface area contributed by atoms with Gasteiger partial charge < -0.3 is 9.88 Å². The molecule has 1 atom stereocenters. The highest BCUT2D eigenvalue weighted by atomic mass is 16.2. The van der Waals surface area contributed by atoms with Crippen LogP contribution in [0.5, 0.6) is 0 Å². The maximum absolute atomic E-state index is 12.9. The van der Waals surface area contributed by atoms with Crippen LogP contribution in [0.2, 0.25) is 0 Å². The van der Waals surface area contributed by atoms with Crippen molar-refractivity contribution in [2.75, 3.05) is 6.54 Å². The van der Waals surface area contributed by atoms with E-state index in [0.717, 1.165) is 19.4 Å². The van der Waals surface area contributed by atoms with Crippen molar-refractivity contribution >= 4 is 5.91 Å². The van der Waals surface area contributed by atoms with E-state index in [1.165, 1.54) is 16.7 Å². The molecule has 1 aliphatic rings. The van der Waals surface area contributed by atoms with Gasteiger partial charge in [0.25, 0.3) is 5.56 Å². The number of benzene rings is 1. The van der Waals surface area contributed by atoms with Gasteiger partial charge in [-0.1, -0.05) is 18.2 Å². The van der Waals surface area contributed by atoms with Gasteiger partial charge in [-0.3, -0.25) is 9.59 Å². The van der Waals surface area contributed by atoms with Gasteiger partial charge in [0.2, 0.25) is 5.91 Å². The summed E-state index contributed by atoms with van der Waals surface area (Å²) in [6, 6.07) is 6.51. The molecule has 0 radical (unpaired) electrons. The van der Waals surface area contributed by atoms with Crippen LogP contribution in [-0.2, 0) is 11.2 Å². The zero-order valence-corrected chi connectivity index (χ0v) is 15.3. The van der Waals surface area contributed by atoms with Gasteiger partial charge in [0.1, 0.15) is 5.82 Å². The van der Waals surface area contributed by atoms with E-state index in [4.69, 9.17) is 0 Å². The zero-order chi connectivity index (χ0) is 18.1. The molecule has 25 heavy (non-hydrogen) atoms. The first-order chi connectivity index (χ1) is 11.9. The number of amides is 1. The standard InChI is InChI=1S/C20H25N3O2/c1-12-7-8-16(10-13(12)2)18-6-5-9-23(18)19(24)11-17-14(3)21-15(4)22-20(17)25/h7-8,10,18H,5-6,9,11H2,1-4H3,(H,21,22,25)/t18-/m1/s1. The number of nitrogens with one attached hydrogen (secondary N) is 1. The molecular weight excluding hydrogens is 314 g/mol. The average molecular weight is 339 g/mol. The van der Waals surface area contributed by atoms with Crippen LogP contribution < -0.4 is 5.56 Å². The number of likely N-dealkylation sites (tertiary alicyclic amines) is 1. The normalized spacial score (nSPS) is 17.1. The molecule has 0 spiro atoms. The molecule has 0 unspecified atom stereocenters. The Bertz CT molecular complexity index is 870. The first kappa shape index (κ1) is 17.4. The predicted molar refractivity (Wildman–Crippen MR) is 97.6 cm³/mol. The molecule has 5 heteroatoms. The number of hydrogen-bond acceptors (Lipinski definition) is 3. The number of aryl methyl sites for hydroxylation is 4. The van der Waals surface area contributed by atoms with Gasteiger partial charge in [0.05, 0.1) is 12.5 Å². The van der Waals surface area contributed by atoms with Crippen molar-refractivity contribution in [1.82, 2.24) is 14.9 Å². The minimum atomic E-state index is -0.208. The summed E-state index contributed by atoms with van der Waals surface area (Å²) in [5.74, 6) is 0.577. The van der Waals surface area contributed by atoms with E-state index in [1.807, 2.05) is 4.90 Å². The van der Waals surface area contributed by atoms with Gasteiger partial charge in [-0.2, -0.15) is 0 Å². The number of carbonyl (C=O) groups excluding carboxylic acids is 1. The Balaban J connectivity index is 1.84. The Morgan fingerprint density at radius 2 is 2.00 bits per heavy atom. The van der Waals surface area contributed by atoms with E-state index < -0.39 is 0 Å². The van der Waals surface area contributed by atoms with Gasteiger partial charge in [-0.15, -0.1) is 0 Å². The highest BCUT2D eigenvalue weighted by molar-refractivity contribution is 5.79. The Morgan fingerprint density at radius 3 is 2.68 bits per heavy atom. The molecule has 1 saturated heterocycles. The lowest BCUT2D eigenvalue weighted by atomic mass is 9.99. The van der Waals surface area contributed by atoms with Crippen molar-refractivity contribution in [1.29, 1.82) is 0 Å². The first-order valence-corrected chi connectivity index (χ1v) is 8.80. The Labute approximate surface area is 148 Å². The monoisotopic (exact) mass is 339 g/mol. The number of nitrogens with zero attached hydrogens (tertiary/aromatic N) is 2. The summed E-state index contributed by atoms with van der Waals surface area (Å²) < 4.78 is 0. The van der Waals surface area contributed by atoms with E-state index >= 15 is 0 Å². The van der Waals surface area contributed by atoms with E-state index in [1.54, 1.807) is 13.8 Å². The number of H-pyrrole nitrogens is 1. The highest BCUT2D eigenvalue weighted by Gasteiger charge is 2.30. The number of hydrogen-bond donors (Lipinski definition) is 1. The largest absolute Gasteiger partial charge is 0.335 e. The van der Waals surface area contributed by atoms with Crippen LogP contribution in [0.15, 0.2) is 23.0 Å². The lowest BCUT2D eigenvalue weighted by molar-refractivity contribution is -0.131. The van der Waals surface area contributed by atoms with Crippen LogP contribution in [-0.4, -0.2) is 27.3 Å². The Hall–Kier alpha value is -2.43. The number of aromatic amines is 1. The predicted octanol–water partition coefficient (Wildman–Crippen LogP) is 2.91. The maximum Gasteiger partial charge on any atom is 0.254 e. The van der Waals surface area contributed by atoms with Crippen LogP contribution in [0.25, 0.3) is 0 Å². The van der Waals surface area contributed by atoms with Gasteiger partial charge in [0.15, 0.2) is 0 Å². The van der Waals surface area contributed by atoms with Crippen LogP contribution in [0.1, 0.15) is 52.7 Å². The third-order valence-corrected chi connectivity index (χ3v) is 5.16. The van der Waals surface area contributed by atoms with Crippen molar-refractivity contribution in [3.8, 4) is 0 Å². The number of aromatic nitrogens is 2. The van der Waals surface area contributed by atoms with Crippen molar-refractivity contribution in [2.24, 2.45) is 0 Å². The minimum Gasteiger partial charge on any atom is -0.335 e. The smallest absolute Gasteiger partial charge is 0.254 e. The molecule has 1 amide bonds. The van der Waals surface area contributed by atoms with E-state index in [9.17, 15) is 9.59 Å². The topological polar surface area (TPSA) is 66.1 Å². The van der Waals surface area contributed by atoms with E-state index in [0.29, 0.717) is 17.1 Å². The summed E-state index contributed by atoms with van der Waals surface area (Å²) in [6.45, 7) is 8.47. The molecule has 0 aliphatic carbocycles. The maximum atomic E-state index is 12.9. The number of rotatable bonds is 3. The van der Waals surface area contributed by atoms with E-state index in [2.05, 4.69) is 42.0 Å². The summed E-state index contributed by atoms with van der Waals surface area (Å²) in [7, 11) is 0. The highest BCUT2D eigenvalue weighted by Crippen LogP contribution is 2.33. The molecule has 1 aromatic heterocycles. The van der Waals surface area contributed by atoms with Crippen molar-refractivity contribution in [3.05, 3.63) is 62.3 Å². The second-order valence-electron chi connectivity index (χ2n) is 6.98. The first-order valence-electron chi connectivity index (χ1n) is 8.80. The molecular formula is C20H25N3O2. The molecule has 1 aliphatic heterocycles. The zero-order valence-electron chi connectivity index (χ0n) is 15.3. The van der Waals surface area contributed by atoms with Crippen molar-refractivity contribution in [2.45, 2.75) is 53.0 Å². The van der Waals surface area contributed by atoms with Gasteiger partial charge >= 0.3 is 0 Å². The fraction of sp³-hybridized carbons (Fsp3) is 0.450. The Morgan fingerprint density at radius 1 is 1.24 bits per heavy atom. The third-order valence-electron chi connectivity index (χ3n) is 5.16. The fourth-order valence-corrected chi connectivity index (χ4v) is 3.60. The fourth-order valence-electron chi connectivity index (χ4n) is 3.60. The average Bonchev–Trinajstić information content (AvgIpc) is 3.03. The van der Waals surface area contributed by atoms with Crippen LogP contribution >= 0.6 is 0 Å². The van der Waals surface area contributed by atoms with Gasteiger partial charge in [0, 0.05) is 17.8 Å². The van der Waals surface area contributed by atoms with Gasteiger partial charge in [-0.05, 0) is 57.2 Å². The summed E-state index contributed by atoms with van der Waals surface area (Å²) in [6.07, 6.45) is 2.07. The number of carbonyl (C=O) groups is 1. The SMILES string of the molecule is Cc1nc(C)c(CC(=O)N2CCC[C@@H]2c2ccc(C)c(C)c2)c(=O)[nH]1. The molecule has 5 nitrogen and oxygen atoms in total. The molecule has 1 fully saturated rings. The third kappa shape index (κ3) is 3.50. The molecule has 1 N–H and O–H groups in total. The second-order valence-corrected chi connectivity index (χ2v) is 6.98. The Kier molecular flexibility index (Phi) is 4.75. The molecule has 0 bridgehead atoms. The minimum absolute atomic E-state index is 0.0000175. The lowest BCUT2D eigenvalue weighted by Crippen LogP contribution is -2.34. The van der Waals surface area contributed by atoms with Crippen LogP contribution in [0, 0.1) is 27.7 Å². The molecule has 2 aromatic rings. The van der Waals surface area contributed by atoms with Crippen molar-refractivity contribution in [3.63, 3.8) is 0 Å². The van der Waals surface area contributed by atoms with Crippen LogP contribution in [0.3, 0.4) is 0 Å². The molecule has 2 heterocycles. The summed E-state index contributed by atoms with van der Waals surface area (Å²) in [5, 5.41) is 0. The summed E-state index contributed by atoms with van der Waals surface area (Å²) in [4.78, 5) is 34.0. The summed E-state index contributed by atoms with van der Waals surface area (Å²) >= 11 is 0.